The van der Waals surface area contributed by atoms with Crippen LogP contribution in [-0.2, 0) is 31.6 Å². The topological polar surface area (TPSA) is 235 Å². The minimum absolute atomic E-state index is 0.0805. The van der Waals surface area contributed by atoms with E-state index in [2.05, 4.69) is 23.1 Å². The molecule has 1 saturated heterocycles. The van der Waals surface area contributed by atoms with Gasteiger partial charge in [-0.2, -0.15) is 8.62 Å². The van der Waals surface area contributed by atoms with Crippen LogP contribution in [0, 0.1) is 6.92 Å². The van der Waals surface area contributed by atoms with Gasteiger partial charge in [-0.05, 0) is 6.92 Å². The molecule has 19 heteroatoms. The fourth-order valence-corrected chi connectivity index (χ4v) is 5.39. The Kier molecular flexibility index (Phi) is 7.33. The number of halogens is 1. The number of ether oxygens (including phenoxy) is 1. The highest BCUT2D eigenvalue weighted by Crippen LogP contribution is 2.66. The molecule has 0 bridgehead atoms. The van der Waals surface area contributed by atoms with E-state index in [9.17, 15) is 32.9 Å². The summed E-state index contributed by atoms with van der Waals surface area (Å²) in [6, 6.07) is 0. The third-order valence-corrected chi connectivity index (χ3v) is 7.29. The van der Waals surface area contributed by atoms with E-state index in [1.54, 1.807) is 0 Å². The first kappa shape index (κ1) is 24.4. The zero-order chi connectivity index (χ0) is 22.2. The maximum Gasteiger partial charge on any atom is 0.490 e. The van der Waals surface area contributed by atoms with Gasteiger partial charge in [0.1, 0.15) is 18.3 Å². The first-order valence-electron chi connectivity index (χ1n) is 7.42. The zero-order valence-electron chi connectivity index (χ0n) is 14.3. The van der Waals surface area contributed by atoms with Gasteiger partial charge in [-0.15, -0.1) is 0 Å². The Hall–Kier alpha value is -0.860. The van der Waals surface area contributed by atoms with Crippen LogP contribution in [0.1, 0.15) is 17.4 Å². The number of phosphoric ester groups is 1. The van der Waals surface area contributed by atoms with Crippen molar-refractivity contribution >= 4 is 23.5 Å². The summed E-state index contributed by atoms with van der Waals surface area (Å²) in [5, 5.41) is 9.90. The second-order valence-corrected chi connectivity index (χ2v) is 10.1. The number of aliphatic hydroxyl groups excluding tert-OH is 1. The lowest BCUT2D eigenvalue weighted by Crippen LogP contribution is -2.31. The lowest BCUT2D eigenvalue weighted by molar-refractivity contribution is -0.0224. The third-order valence-electron chi connectivity index (χ3n) is 3.49. The normalized spacial score (nSPS) is 29.3. The lowest BCUT2D eigenvalue weighted by Gasteiger charge is -2.19. The summed E-state index contributed by atoms with van der Waals surface area (Å²) in [5.74, 6) is 0. The number of rotatable bonds is 8. The summed E-state index contributed by atoms with van der Waals surface area (Å²) in [7, 11) is -16.7. The molecule has 166 valence electrons. The smallest absolute Gasteiger partial charge is 0.387 e. The number of aromatic amines is 1. The average molecular weight is 484 g/mol. The Bertz CT molecular complexity index is 949. The summed E-state index contributed by atoms with van der Waals surface area (Å²) in [4.78, 5) is 52.1. The highest BCUT2D eigenvalue weighted by atomic mass is 31.3. The molecule has 1 aliphatic heterocycles. The number of nitrogens with one attached hydrogen (secondary N) is 1. The average Bonchev–Trinajstić information content (AvgIpc) is 2.78. The SMILES string of the molecule is Cc1[nH]c(=O)ncc1[C@@H]1O[C@H](COP(=O)(O)OP(=O)(O)OP(=O)(O)O)C(O)[C@@H]1F. The molecule has 0 radical (unpaired) electrons. The molecule has 2 rings (SSSR count). The summed E-state index contributed by atoms with van der Waals surface area (Å²) in [6.07, 6.45) is -5.91. The number of hydrogen-bond donors (Lipinski definition) is 6. The number of nitrogens with zero attached hydrogens (tertiary/aromatic N) is 1. The molecule has 6 atom stereocenters. The number of phosphoric acid groups is 3. The Labute approximate surface area is 160 Å². The van der Waals surface area contributed by atoms with E-state index in [1.165, 1.54) is 6.92 Å². The molecule has 1 aliphatic rings. The van der Waals surface area contributed by atoms with Crippen LogP contribution < -0.4 is 5.69 Å². The van der Waals surface area contributed by atoms with Crippen LogP contribution >= 0.6 is 23.5 Å². The van der Waals surface area contributed by atoms with Gasteiger partial charge in [0.05, 0.1) is 6.61 Å². The van der Waals surface area contributed by atoms with Gasteiger partial charge in [0.25, 0.3) is 0 Å². The molecule has 0 amide bonds. The number of aryl methyl sites for hydroxylation is 1. The van der Waals surface area contributed by atoms with E-state index < -0.39 is 60.2 Å². The van der Waals surface area contributed by atoms with Gasteiger partial charge in [0, 0.05) is 17.5 Å². The second kappa shape index (κ2) is 8.71. The third kappa shape index (κ3) is 6.82. The van der Waals surface area contributed by atoms with E-state index in [0.717, 1.165) is 6.20 Å². The Morgan fingerprint density at radius 3 is 2.38 bits per heavy atom. The van der Waals surface area contributed by atoms with Crippen molar-refractivity contribution in [2.45, 2.75) is 31.4 Å². The molecule has 29 heavy (non-hydrogen) atoms. The van der Waals surface area contributed by atoms with E-state index in [-0.39, 0.29) is 11.3 Å². The largest absolute Gasteiger partial charge is 0.490 e. The van der Waals surface area contributed by atoms with E-state index >= 15 is 0 Å². The van der Waals surface area contributed by atoms with Crippen molar-refractivity contribution in [3.8, 4) is 0 Å². The zero-order valence-corrected chi connectivity index (χ0v) is 16.9. The fraction of sp³-hybridized carbons (Fsp3) is 0.600. The highest BCUT2D eigenvalue weighted by Gasteiger charge is 2.47. The monoisotopic (exact) mass is 484 g/mol. The first-order valence-corrected chi connectivity index (χ1v) is 11.9. The van der Waals surface area contributed by atoms with E-state index in [0.29, 0.717) is 0 Å². The minimum atomic E-state index is -5.72. The predicted molar refractivity (Wildman–Crippen MR) is 87.9 cm³/mol. The molecule has 6 N–H and O–H groups in total. The summed E-state index contributed by atoms with van der Waals surface area (Å²) in [5.41, 5.74) is -0.431. The number of alkyl halides is 1. The van der Waals surface area contributed by atoms with E-state index in [1.807, 2.05) is 0 Å². The minimum Gasteiger partial charge on any atom is -0.387 e. The number of aliphatic hydroxyl groups is 1. The molecule has 0 aliphatic carbocycles. The Balaban J connectivity index is 2.05. The van der Waals surface area contributed by atoms with Crippen LogP contribution in [0.5, 0.6) is 0 Å². The molecule has 0 saturated carbocycles. The number of hydrogen-bond acceptors (Lipinski definition) is 10. The van der Waals surface area contributed by atoms with Crippen LogP contribution in [0.2, 0.25) is 0 Å². The van der Waals surface area contributed by atoms with Gasteiger partial charge in [-0.3, -0.25) is 4.52 Å². The van der Waals surface area contributed by atoms with Gasteiger partial charge in [0.15, 0.2) is 6.17 Å². The Morgan fingerprint density at radius 2 is 1.83 bits per heavy atom. The van der Waals surface area contributed by atoms with Gasteiger partial charge < -0.3 is 34.4 Å². The van der Waals surface area contributed by atoms with Crippen molar-refractivity contribution in [3.63, 3.8) is 0 Å². The van der Waals surface area contributed by atoms with Crippen LogP contribution in [0.15, 0.2) is 11.0 Å². The molecule has 0 spiro atoms. The van der Waals surface area contributed by atoms with Crippen LogP contribution in [-0.4, -0.2) is 59.6 Å². The van der Waals surface area contributed by atoms with Crippen molar-refractivity contribution in [2.24, 2.45) is 0 Å². The Morgan fingerprint density at radius 1 is 1.21 bits per heavy atom. The second-order valence-electron chi connectivity index (χ2n) is 5.69. The van der Waals surface area contributed by atoms with Gasteiger partial charge in [0.2, 0.25) is 0 Å². The maximum absolute atomic E-state index is 14.4. The quantitative estimate of drug-likeness (QED) is 0.257. The van der Waals surface area contributed by atoms with Crippen LogP contribution in [0.25, 0.3) is 0 Å². The number of H-pyrrole nitrogens is 1. The predicted octanol–water partition coefficient (Wildman–Crippen LogP) is -0.439. The molecule has 3 unspecified atom stereocenters. The van der Waals surface area contributed by atoms with E-state index in [4.69, 9.17) is 19.4 Å². The van der Waals surface area contributed by atoms with Crippen LogP contribution in [0.3, 0.4) is 0 Å². The summed E-state index contributed by atoms with van der Waals surface area (Å²) >= 11 is 0. The van der Waals surface area contributed by atoms with Gasteiger partial charge in [-0.25, -0.2) is 27.9 Å². The highest BCUT2D eigenvalue weighted by molar-refractivity contribution is 7.66. The summed E-state index contributed by atoms with van der Waals surface area (Å²) in [6.45, 7) is 0.387. The molecule has 0 aromatic carbocycles. The van der Waals surface area contributed by atoms with Gasteiger partial charge in [-0.1, -0.05) is 0 Å². The van der Waals surface area contributed by atoms with Crippen molar-refractivity contribution < 1.29 is 60.6 Å². The van der Waals surface area contributed by atoms with Crippen molar-refractivity contribution in [3.05, 3.63) is 27.9 Å². The van der Waals surface area contributed by atoms with Crippen molar-refractivity contribution in [1.29, 1.82) is 0 Å². The fourth-order valence-electron chi connectivity index (χ4n) is 2.36. The summed E-state index contributed by atoms with van der Waals surface area (Å²) < 4.78 is 64.4. The maximum atomic E-state index is 14.4. The first-order chi connectivity index (χ1) is 13.1. The molecule has 15 nitrogen and oxygen atoms in total. The standard InChI is InChI=1S/C10H16FN2O13P3/c1-4-5(2-12-10(15)13-4)9-7(11)8(14)6(24-9)3-23-28(19,20)26-29(21,22)25-27(16,17)18/h2,6-9,14H,3H2,1H3,(H,19,20)(H,21,22)(H,12,13,15)(H2,16,17,18)/t6-,7+,8?,9+/m1/s1. The number of aromatic nitrogens is 2. The molecular formula is C10H16FN2O13P3. The molecule has 1 aromatic rings. The van der Waals surface area contributed by atoms with Crippen LogP contribution in [0.4, 0.5) is 4.39 Å². The molecule has 1 fully saturated rings. The van der Waals surface area contributed by atoms with Crippen molar-refractivity contribution in [1.82, 2.24) is 9.97 Å². The molecular weight excluding hydrogens is 468 g/mol. The molecule has 2 heterocycles. The van der Waals surface area contributed by atoms with Gasteiger partial charge >= 0.3 is 29.2 Å². The molecule has 1 aromatic heterocycles. The van der Waals surface area contributed by atoms with Crippen molar-refractivity contribution in [2.75, 3.05) is 6.61 Å². The lowest BCUT2D eigenvalue weighted by atomic mass is 10.0.